The highest BCUT2D eigenvalue weighted by Crippen LogP contribution is 2.44. The lowest BCUT2D eigenvalue weighted by molar-refractivity contribution is -0.183. The number of aryl methyl sites for hydroxylation is 3. The van der Waals surface area contributed by atoms with Crippen molar-refractivity contribution in [2.45, 2.75) is 52.7 Å². The molecule has 0 saturated carbocycles. The summed E-state index contributed by atoms with van der Waals surface area (Å²) in [5, 5.41) is 12.7. The summed E-state index contributed by atoms with van der Waals surface area (Å²) in [6, 6.07) is 5.59. The van der Waals surface area contributed by atoms with Crippen molar-refractivity contribution in [1.82, 2.24) is 29.9 Å². The largest absolute Gasteiger partial charge is 0.377 e. The van der Waals surface area contributed by atoms with E-state index in [9.17, 15) is 8.78 Å². The number of piperidine rings is 1. The van der Waals surface area contributed by atoms with Gasteiger partial charge in [0.25, 0.3) is 6.43 Å². The van der Waals surface area contributed by atoms with E-state index in [2.05, 4.69) is 45.0 Å². The van der Waals surface area contributed by atoms with Crippen LogP contribution in [-0.2, 0) is 24.8 Å². The van der Waals surface area contributed by atoms with Crippen molar-refractivity contribution in [2.24, 2.45) is 12.5 Å². The molecule has 39 heavy (non-hydrogen) atoms. The minimum Gasteiger partial charge on any atom is -0.377 e. The number of anilines is 2. The second kappa shape index (κ2) is 8.70. The van der Waals surface area contributed by atoms with Gasteiger partial charge in [-0.1, -0.05) is 13.0 Å². The van der Waals surface area contributed by atoms with Crippen LogP contribution >= 0.6 is 0 Å². The fraction of sp³-hybridized carbons (Fsp3) is 0.500. The van der Waals surface area contributed by atoms with Crippen molar-refractivity contribution in [3.63, 3.8) is 0 Å². The van der Waals surface area contributed by atoms with Crippen LogP contribution in [0.4, 0.5) is 20.4 Å². The molecular weight excluding hydrogens is 502 g/mol. The van der Waals surface area contributed by atoms with Gasteiger partial charge in [0.2, 0.25) is 0 Å². The number of aromatic amines is 1. The van der Waals surface area contributed by atoms with Crippen LogP contribution in [0.1, 0.15) is 48.0 Å². The van der Waals surface area contributed by atoms with E-state index in [4.69, 9.17) is 14.7 Å². The fourth-order valence-electron chi connectivity index (χ4n) is 6.54. The molecule has 1 aromatic carbocycles. The molecule has 1 N–H and O–H groups in total. The molecule has 0 radical (unpaired) electrons. The first kappa shape index (κ1) is 24.4. The Morgan fingerprint density at radius 1 is 1.15 bits per heavy atom. The lowest BCUT2D eigenvalue weighted by Crippen LogP contribution is -2.61. The predicted molar refractivity (Wildman–Crippen MR) is 144 cm³/mol. The number of rotatable bonds is 4. The van der Waals surface area contributed by atoms with Gasteiger partial charge in [-0.15, -0.1) is 0 Å². The van der Waals surface area contributed by atoms with Gasteiger partial charge in [0.15, 0.2) is 5.82 Å². The fourth-order valence-corrected chi connectivity index (χ4v) is 6.54. The molecule has 2 saturated heterocycles. The Labute approximate surface area is 225 Å². The van der Waals surface area contributed by atoms with Gasteiger partial charge in [0, 0.05) is 73.3 Å². The van der Waals surface area contributed by atoms with E-state index in [-0.39, 0.29) is 17.2 Å². The second-order valence-corrected chi connectivity index (χ2v) is 11.5. The quantitative estimate of drug-likeness (QED) is 0.413. The lowest BCUT2D eigenvalue weighted by Gasteiger charge is -2.53. The van der Waals surface area contributed by atoms with Crippen molar-refractivity contribution in [3.8, 4) is 11.4 Å². The third kappa shape index (κ3) is 3.81. The first-order valence-electron chi connectivity index (χ1n) is 13.5. The number of H-pyrrole nitrogens is 1. The maximum Gasteiger partial charge on any atom is 0.282 e. The topological polar surface area (TPSA) is 88.0 Å². The van der Waals surface area contributed by atoms with E-state index in [1.807, 2.05) is 13.0 Å². The summed E-state index contributed by atoms with van der Waals surface area (Å²) in [5.41, 5.74) is 5.95. The van der Waals surface area contributed by atoms with Crippen molar-refractivity contribution in [3.05, 3.63) is 46.4 Å². The molecule has 2 atom stereocenters. The van der Waals surface area contributed by atoms with Gasteiger partial charge in [0.05, 0.1) is 23.9 Å². The molecule has 3 aliphatic heterocycles. The first-order chi connectivity index (χ1) is 18.7. The summed E-state index contributed by atoms with van der Waals surface area (Å²) < 4.78 is 34.2. The smallest absolute Gasteiger partial charge is 0.282 e. The molecule has 3 aliphatic rings. The Morgan fingerprint density at radius 3 is 2.72 bits per heavy atom. The van der Waals surface area contributed by atoms with Crippen LogP contribution in [0.15, 0.2) is 18.2 Å². The van der Waals surface area contributed by atoms with Crippen LogP contribution in [0.25, 0.3) is 22.3 Å². The summed E-state index contributed by atoms with van der Waals surface area (Å²) in [7, 11) is 1.72. The molecule has 9 nitrogen and oxygen atoms in total. The zero-order chi connectivity index (χ0) is 27.1. The van der Waals surface area contributed by atoms with Crippen LogP contribution in [0, 0.1) is 19.3 Å². The van der Waals surface area contributed by atoms with Crippen LogP contribution in [0.3, 0.4) is 0 Å². The van der Waals surface area contributed by atoms with E-state index in [0.29, 0.717) is 31.2 Å². The van der Waals surface area contributed by atoms with Gasteiger partial charge in [-0.2, -0.15) is 10.2 Å². The van der Waals surface area contributed by atoms with Gasteiger partial charge in [-0.25, -0.2) is 18.7 Å². The number of alkyl halides is 2. The Morgan fingerprint density at radius 2 is 2.00 bits per heavy atom. The average Bonchev–Trinajstić information content (AvgIpc) is 3.48. The van der Waals surface area contributed by atoms with Crippen LogP contribution < -0.4 is 9.80 Å². The molecule has 1 unspecified atom stereocenters. The van der Waals surface area contributed by atoms with Gasteiger partial charge < -0.3 is 14.5 Å². The first-order valence-corrected chi connectivity index (χ1v) is 13.5. The number of aromatic nitrogens is 6. The molecule has 0 amide bonds. The third-order valence-corrected chi connectivity index (χ3v) is 8.70. The molecule has 0 aliphatic carbocycles. The summed E-state index contributed by atoms with van der Waals surface area (Å²) in [6.45, 7) is 10.1. The third-order valence-electron chi connectivity index (χ3n) is 8.70. The number of fused-ring (bicyclic) bond motifs is 3. The number of nitrogens with one attached hydrogen (secondary N) is 1. The van der Waals surface area contributed by atoms with E-state index in [1.54, 1.807) is 11.7 Å². The highest BCUT2D eigenvalue weighted by Gasteiger charge is 2.49. The number of hydrogen-bond donors (Lipinski definition) is 1. The van der Waals surface area contributed by atoms with Crippen LogP contribution in [-0.4, -0.2) is 62.3 Å². The van der Waals surface area contributed by atoms with Crippen molar-refractivity contribution in [1.29, 1.82) is 0 Å². The number of halogens is 2. The normalized spacial score (nSPS) is 22.8. The Balaban J connectivity index is 1.36. The number of nitrogens with zero attached hydrogens (tertiary/aromatic N) is 7. The SMILES string of the molecule is Cc1ccc2n[nH]c(C)c2c1-c1nc2c(c(N3CCC4OC[C@]4(C)C3)n1)CN(c1cc(C(F)F)nn1C)CC2. The van der Waals surface area contributed by atoms with Gasteiger partial charge in [-0.3, -0.25) is 9.78 Å². The van der Waals surface area contributed by atoms with E-state index in [1.165, 1.54) is 6.07 Å². The molecule has 3 aromatic heterocycles. The molecule has 2 fully saturated rings. The number of benzene rings is 1. The van der Waals surface area contributed by atoms with Crippen molar-refractivity contribution < 1.29 is 13.5 Å². The Kier molecular flexibility index (Phi) is 5.45. The maximum absolute atomic E-state index is 13.4. The van der Waals surface area contributed by atoms with E-state index >= 15 is 0 Å². The summed E-state index contributed by atoms with van der Waals surface area (Å²) in [4.78, 5) is 14.9. The summed E-state index contributed by atoms with van der Waals surface area (Å²) in [5.74, 6) is 2.32. The number of hydrogen-bond acceptors (Lipinski definition) is 7. The molecule has 7 rings (SSSR count). The van der Waals surface area contributed by atoms with Crippen LogP contribution in [0.2, 0.25) is 0 Å². The Bertz CT molecular complexity index is 1600. The lowest BCUT2D eigenvalue weighted by atomic mass is 9.75. The molecule has 4 aromatic rings. The van der Waals surface area contributed by atoms with E-state index < -0.39 is 6.43 Å². The maximum atomic E-state index is 13.4. The minimum absolute atomic E-state index is 0.0931. The zero-order valence-corrected chi connectivity index (χ0v) is 22.6. The molecule has 0 bridgehead atoms. The average molecular weight is 535 g/mol. The van der Waals surface area contributed by atoms with Gasteiger partial charge >= 0.3 is 0 Å². The molecule has 204 valence electrons. The monoisotopic (exact) mass is 534 g/mol. The second-order valence-electron chi connectivity index (χ2n) is 11.5. The standard InChI is InChI=1S/C28H32F2N8O/c1-15-5-6-19-24(16(2)33-34-19)23(15)26-31-18-7-9-37(22-11-20(25(29)30)35-36(22)4)12-17(18)27(32-26)38-10-8-21-28(3,13-38)14-39-21/h5-6,11,21,25H,7-10,12-14H2,1-4H3,(H,33,34)/t21?,28-/m0/s1. The minimum atomic E-state index is -2.60. The Hall–Kier alpha value is -3.60. The van der Waals surface area contributed by atoms with E-state index in [0.717, 1.165) is 70.9 Å². The zero-order valence-electron chi connectivity index (χ0n) is 22.6. The van der Waals surface area contributed by atoms with Gasteiger partial charge in [0.1, 0.15) is 17.3 Å². The van der Waals surface area contributed by atoms with Gasteiger partial charge in [-0.05, 0) is 31.9 Å². The predicted octanol–water partition coefficient (Wildman–Crippen LogP) is 4.49. The highest BCUT2D eigenvalue weighted by molar-refractivity contribution is 5.96. The molecular formula is C28H32F2N8O. The van der Waals surface area contributed by atoms with Crippen molar-refractivity contribution >= 4 is 22.5 Å². The highest BCUT2D eigenvalue weighted by atomic mass is 19.3. The van der Waals surface area contributed by atoms with Crippen LogP contribution in [0.5, 0.6) is 0 Å². The summed E-state index contributed by atoms with van der Waals surface area (Å²) in [6.07, 6.45) is -0.686. The number of ether oxygens (including phenoxy) is 1. The molecule has 6 heterocycles. The van der Waals surface area contributed by atoms with Crippen molar-refractivity contribution in [2.75, 3.05) is 36.0 Å². The molecule has 0 spiro atoms. The molecule has 11 heteroatoms. The summed E-state index contributed by atoms with van der Waals surface area (Å²) >= 11 is 0.